The van der Waals surface area contributed by atoms with E-state index < -0.39 is 0 Å². The summed E-state index contributed by atoms with van der Waals surface area (Å²) in [6, 6.07) is 4.31. The fraction of sp³-hybridized carbons (Fsp3) is 0.562. The van der Waals surface area contributed by atoms with Gasteiger partial charge in [0.1, 0.15) is 0 Å². The van der Waals surface area contributed by atoms with E-state index in [4.69, 9.17) is 22.4 Å². The average molecular weight is 347 g/mol. The third kappa shape index (κ3) is 2.80. The summed E-state index contributed by atoms with van der Waals surface area (Å²) < 4.78 is 9.77. The van der Waals surface area contributed by atoms with E-state index >= 15 is 0 Å². The first-order valence-electron chi connectivity index (χ1n) is 8.35. The van der Waals surface area contributed by atoms with Crippen LogP contribution in [-0.2, 0) is 18.0 Å². The van der Waals surface area contributed by atoms with Gasteiger partial charge in [-0.1, -0.05) is 0 Å². The standard InChI is InChI=1S/C16H21N5O2S/c17-14(22)5-6-20-15(13-2-1-7-23-13)18-21(16(20)24)10-19-9-11-3-4-12(19)8-11/h1-2,7,11-12H,3-6,8-10H2,(H2,17,22). The highest BCUT2D eigenvalue weighted by Crippen LogP contribution is 2.37. The summed E-state index contributed by atoms with van der Waals surface area (Å²) in [4.78, 5) is 13.6. The lowest BCUT2D eigenvalue weighted by Gasteiger charge is -2.26. The van der Waals surface area contributed by atoms with Crippen LogP contribution in [0.1, 0.15) is 25.7 Å². The number of likely N-dealkylation sites (tertiary alicyclic amines) is 1. The van der Waals surface area contributed by atoms with Crippen molar-refractivity contribution in [3.63, 3.8) is 0 Å². The number of nitrogens with two attached hydrogens (primary N) is 1. The molecule has 2 aliphatic rings. The molecule has 2 unspecified atom stereocenters. The number of aromatic nitrogens is 3. The third-order valence-corrected chi connectivity index (χ3v) is 5.52. The minimum Gasteiger partial charge on any atom is -0.461 e. The molecule has 0 spiro atoms. The number of piperidine rings is 1. The smallest absolute Gasteiger partial charge is 0.219 e. The first-order valence-corrected chi connectivity index (χ1v) is 8.76. The Morgan fingerprint density at radius 3 is 2.96 bits per heavy atom. The van der Waals surface area contributed by atoms with Gasteiger partial charge < -0.3 is 10.2 Å². The van der Waals surface area contributed by atoms with Crippen molar-refractivity contribution >= 4 is 18.1 Å². The zero-order valence-corrected chi connectivity index (χ0v) is 14.2. The van der Waals surface area contributed by atoms with Crippen molar-refractivity contribution in [3.05, 3.63) is 23.2 Å². The number of furan rings is 1. The Labute approximate surface area is 145 Å². The average Bonchev–Trinajstić information content (AvgIpc) is 3.31. The first-order chi connectivity index (χ1) is 11.6. The van der Waals surface area contributed by atoms with Gasteiger partial charge in [0.2, 0.25) is 5.91 Å². The van der Waals surface area contributed by atoms with E-state index in [0.29, 0.717) is 35.6 Å². The molecule has 3 heterocycles. The van der Waals surface area contributed by atoms with Gasteiger partial charge in [0.15, 0.2) is 16.4 Å². The van der Waals surface area contributed by atoms with Gasteiger partial charge in [-0.3, -0.25) is 14.3 Å². The Morgan fingerprint density at radius 2 is 2.33 bits per heavy atom. The van der Waals surface area contributed by atoms with Gasteiger partial charge in [-0.15, -0.1) is 5.10 Å². The second kappa shape index (κ2) is 6.18. The van der Waals surface area contributed by atoms with Crippen molar-refractivity contribution in [2.24, 2.45) is 11.7 Å². The van der Waals surface area contributed by atoms with Crippen LogP contribution in [0.5, 0.6) is 0 Å². The van der Waals surface area contributed by atoms with Crippen LogP contribution < -0.4 is 5.73 Å². The van der Waals surface area contributed by atoms with E-state index in [1.54, 1.807) is 6.26 Å². The van der Waals surface area contributed by atoms with Gasteiger partial charge in [-0.05, 0) is 49.5 Å². The molecule has 2 aromatic rings. The van der Waals surface area contributed by atoms with E-state index in [1.165, 1.54) is 19.3 Å². The lowest BCUT2D eigenvalue weighted by atomic mass is 10.1. The molecule has 1 amide bonds. The fourth-order valence-corrected chi connectivity index (χ4v) is 4.19. The molecule has 1 saturated heterocycles. The maximum Gasteiger partial charge on any atom is 0.219 e. The maximum atomic E-state index is 11.2. The normalized spacial score (nSPS) is 23.2. The predicted molar refractivity (Wildman–Crippen MR) is 90.4 cm³/mol. The molecule has 1 aliphatic carbocycles. The Morgan fingerprint density at radius 1 is 1.46 bits per heavy atom. The van der Waals surface area contributed by atoms with Crippen LogP contribution in [0.25, 0.3) is 11.6 Å². The fourth-order valence-electron chi connectivity index (χ4n) is 3.92. The topological polar surface area (TPSA) is 82.2 Å². The third-order valence-electron chi connectivity index (χ3n) is 5.08. The summed E-state index contributed by atoms with van der Waals surface area (Å²) in [5.74, 6) is 1.76. The van der Waals surface area contributed by atoms with Crippen molar-refractivity contribution in [1.82, 2.24) is 19.2 Å². The zero-order valence-electron chi connectivity index (χ0n) is 13.4. The Balaban J connectivity index is 1.63. The minimum atomic E-state index is -0.355. The molecule has 0 radical (unpaired) electrons. The lowest BCUT2D eigenvalue weighted by Crippen LogP contribution is -2.34. The van der Waals surface area contributed by atoms with E-state index in [0.717, 1.165) is 12.5 Å². The molecule has 2 N–H and O–H groups in total. The van der Waals surface area contributed by atoms with Gasteiger partial charge in [-0.25, -0.2) is 4.68 Å². The van der Waals surface area contributed by atoms with Crippen molar-refractivity contribution in [3.8, 4) is 11.6 Å². The molecule has 1 saturated carbocycles. The van der Waals surface area contributed by atoms with E-state index in [1.807, 2.05) is 21.4 Å². The lowest BCUT2D eigenvalue weighted by molar-refractivity contribution is -0.118. The summed E-state index contributed by atoms with van der Waals surface area (Å²) in [6.07, 6.45) is 5.74. The molecule has 1 aliphatic heterocycles. The highest BCUT2D eigenvalue weighted by atomic mass is 32.1. The highest BCUT2D eigenvalue weighted by Gasteiger charge is 2.38. The molecule has 7 nitrogen and oxygen atoms in total. The van der Waals surface area contributed by atoms with Crippen molar-refractivity contribution in [1.29, 1.82) is 0 Å². The molecule has 24 heavy (non-hydrogen) atoms. The van der Waals surface area contributed by atoms with Crippen LogP contribution in [-0.4, -0.2) is 37.7 Å². The summed E-state index contributed by atoms with van der Waals surface area (Å²) in [7, 11) is 0. The number of carbonyl (C=O) groups is 1. The van der Waals surface area contributed by atoms with Gasteiger partial charge in [0.25, 0.3) is 0 Å². The molecule has 2 bridgehead atoms. The Hall–Kier alpha value is -1.93. The SMILES string of the molecule is NC(=O)CCn1c(-c2ccco2)nn(CN2CC3CCC2C3)c1=S. The Kier molecular flexibility index (Phi) is 4.01. The number of rotatable bonds is 6. The predicted octanol–water partition coefficient (Wildman–Crippen LogP) is 1.99. The first kappa shape index (κ1) is 15.6. The maximum absolute atomic E-state index is 11.2. The molecule has 4 rings (SSSR count). The number of fused-ring (bicyclic) bond motifs is 2. The monoisotopic (exact) mass is 347 g/mol. The summed E-state index contributed by atoms with van der Waals surface area (Å²) in [5, 5.41) is 4.67. The van der Waals surface area contributed by atoms with Gasteiger partial charge in [0, 0.05) is 25.6 Å². The van der Waals surface area contributed by atoms with Crippen molar-refractivity contribution < 1.29 is 9.21 Å². The van der Waals surface area contributed by atoms with Crippen LogP contribution in [0.4, 0.5) is 0 Å². The minimum absolute atomic E-state index is 0.224. The van der Waals surface area contributed by atoms with Gasteiger partial charge >= 0.3 is 0 Å². The van der Waals surface area contributed by atoms with Crippen LogP contribution in [0.3, 0.4) is 0 Å². The summed E-state index contributed by atoms with van der Waals surface area (Å²) in [6.45, 7) is 2.23. The molecular formula is C16H21N5O2S. The molecule has 128 valence electrons. The number of hydrogen-bond acceptors (Lipinski definition) is 5. The van der Waals surface area contributed by atoms with Crippen molar-refractivity contribution in [2.45, 2.75) is 44.9 Å². The summed E-state index contributed by atoms with van der Waals surface area (Å²) >= 11 is 5.60. The van der Waals surface area contributed by atoms with E-state index in [2.05, 4.69) is 10.00 Å². The second-order valence-corrected chi connectivity index (χ2v) is 7.06. The molecule has 2 fully saturated rings. The Bertz CT molecular complexity index is 794. The quantitative estimate of drug-likeness (QED) is 0.808. The second-order valence-electron chi connectivity index (χ2n) is 6.70. The molecular weight excluding hydrogens is 326 g/mol. The van der Waals surface area contributed by atoms with Crippen LogP contribution >= 0.6 is 12.2 Å². The van der Waals surface area contributed by atoms with Crippen LogP contribution in [0.15, 0.2) is 22.8 Å². The van der Waals surface area contributed by atoms with Crippen LogP contribution in [0.2, 0.25) is 0 Å². The summed E-state index contributed by atoms with van der Waals surface area (Å²) in [5.41, 5.74) is 5.29. The molecule has 0 aromatic carbocycles. The van der Waals surface area contributed by atoms with Gasteiger partial charge in [0.05, 0.1) is 12.9 Å². The number of hydrogen-bond donors (Lipinski definition) is 1. The van der Waals surface area contributed by atoms with Crippen molar-refractivity contribution in [2.75, 3.05) is 6.54 Å². The zero-order chi connectivity index (χ0) is 16.7. The molecule has 2 atom stereocenters. The van der Waals surface area contributed by atoms with E-state index in [-0.39, 0.29) is 12.3 Å². The van der Waals surface area contributed by atoms with E-state index in [9.17, 15) is 4.79 Å². The highest BCUT2D eigenvalue weighted by molar-refractivity contribution is 7.71. The number of carbonyl (C=O) groups excluding carboxylic acids is 1. The molecule has 2 aromatic heterocycles. The molecule has 8 heteroatoms. The van der Waals surface area contributed by atoms with Gasteiger partial charge in [-0.2, -0.15) is 0 Å². The number of nitrogens with zero attached hydrogens (tertiary/aromatic N) is 4. The number of amides is 1. The number of primary amides is 1. The largest absolute Gasteiger partial charge is 0.461 e. The van der Waals surface area contributed by atoms with Crippen LogP contribution in [0, 0.1) is 10.7 Å².